The Morgan fingerprint density at radius 2 is 1.96 bits per heavy atom. The molecule has 150 valence electrons. The van der Waals surface area contributed by atoms with Crippen LogP contribution in [0.1, 0.15) is 38.2 Å². The number of benzene rings is 1. The van der Waals surface area contributed by atoms with Crippen molar-refractivity contribution in [2.45, 2.75) is 45.3 Å². The lowest BCUT2D eigenvalue weighted by atomic mass is 10.2. The van der Waals surface area contributed by atoms with Crippen LogP contribution in [0, 0.1) is 5.92 Å². The first-order valence-corrected chi connectivity index (χ1v) is 9.91. The Labute approximate surface area is 163 Å². The molecule has 1 unspecified atom stereocenters. The van der Waals surface area contributed by atoms with E-state index in [4.69, 9.17) is 4.74 Å². The van der Waals surface area contributed by atoms with E-state index in [9.17, 15) is 4.79 Å². The third-order valence-corrected chi connectivity index (χ3v) is 4.70. The number of carbonyl (C=O) groups is 1. The maximum atomic E-state index is 11.8. The van der Waals surface area contributed by atoms with Gasteiger partial charge in [0.2, 0.25) is 5.91 Å². The van der Waals surface area contributed by atoms with E-state index in [0.29, 0.717) is 25.2 Å². The minimum Gasteiger partial charge on any atom is -0.376 e. The van der Waals surface area contributed by atoms with Gasteiger partial charge < -0.3 is 20.3 Å². The van der Waals surface area contributed by atoms with Crippen LogP contribution >= 0.6 is 0 Å². The van der Waals surface area contributed by atoms with E-state index in [-0.39, 0.29) is 12.5 Å². The van der Waals surface area contributed by atoms with Crippen LogP contribution in [0.25, 0.3) is 0 Å². The molecule has 0 saturated heterocycles. The number of guanidine groups is 1. The van der Waals surface area contributed by atoms with Gasteiger partial charge in [0.15, 0.2) is 5.96 Å². The smallest absolute Gasteiger partial charge is 0.243 e. The third kappa shape index (κ3) is 8.43. The zero-order valence-electron chi connectivity index (χ0n) is 16.9. The first kappa shape index (κ1) is 21.2. The molecule has 1 aromatic carbocycles. The molecule has 2 N–H and O–H groups in total. The zero-order valence-corrected chi connectivity index (χ0v) is 16.9. The second kappa shape index (κ2) is 11.6. The molecule has 0 bridgehead atoms. The Morgan fingerprint density at radius 1 is 1.26 bits per heavy atom. The van der Waals surface area contributed by atoms with Gasteiger partial charge in [0.1, 0.15) is 6.54 Å². The molecule has 1 fully saturated rings. The number of rotatable bonds is 9. The summed E-state index contributed by atoms with van der Waals surface area (Å²) >= 11 is 0. The lowest BCUT2D eigenvalue weighted by Gasteiger charge is -2.20. The summed E-state index contributed by atoms with van der Waals surface area (Å²) in [5.41, 5.74) is 1.19. The first-order valence-electron chi connectivity index (χ1n) is 9.91. The van der Waals surface area contributed by atoms with Crippen molar-refractivity contribution in [2.75, 3.05) is 33.8 Å². The Balaban J connectivity index is 1.76. The Bertz CT molecular complexity index is 583. The van der Waals surface area contributed by atoms with Gasteiger partial charge >= 0.3 is 0 Å². The molecule has 0 aliphatic heterocycles. The molecule has 1 saturated carbocycles. The summed E-state index contributed by atoms with van der Waals surface area (Å²) in [6.07, 6.45) is 4.84. The van der Waals surface area contributed by atoms with Crippen LogP contribution in [0.5, 0.6) is 0 Å². The summed E-state index contributed by atoms with van der Waals surface area (Å²) in [5.74, 6) is 1.07. The molecule has 6 nitrogen and oxygen atoms in total. The second-order valence-corrected chi connectivity index (χ2v) is 7.57. The van der Waals surface area contributed by atoms with Crippen LogP contribution in [0.4, 0.5) is 0 Å². The third-order valence-electron chi connectivity index (χ3n) is 4.70. The number of likely N-dealkylation sites (N-methyl/N-ethyl adjacent to an activating group) is 1. The van der Waals surface area contributed by atoms with E-state index in [1.807, 2.05) is 18.2 Å². The number of aliphatic imine (C=N–C) groups is 1. The fourth-order valence-electron chi connectivity index (χ4n) is 2.99. The number of hydrogen-bond donors (Lipinski definition) is 2. The Morgan fingerprint density at radius 3 is 2.63 bits per heavy atom. The van der Waals surface area contributed by atoms with Crippen molar-refractivity contribution in [2.24, 2.45) is 10.9 Å². The topological polar surface area (TPSA) is 66.0 Å². The van der Waals surface area contributed by atoms with Crippen LogP contribution in [0.15, 0.2) is 35.3 Å². The molecule has 27 heavy (non-hydrogen) atoms. The van der Waals surface area contributed by atoms with Crippen LogP contribution in [0.3, 0.4) is 0 Å². The van der Waals surface area contributed by atoms with Gasteiger partial charge in [-0.05, 0) is 24.3 Å². The zero-order chi connectivity index (χ0) is 19.5. The van der Waals surface area contributed by atoms with Crippen molar-refractivity contribution in [1.29, 1.82) is 0 Å². The number of nitrogens with one attached hydrogen (secondary N) is 2. The number of nitrogens with zero attached hydrogens (tertiary/aromatic N) is 2. The van der Waals surface area contributed by atoms with E-state index in [1.165, 1.54) is 18.4 Å². The molecule has 1 aromatic rings. The molecule has 1 amide bonds. The highest BCUT2D eigenvalue weighted by atomic mass is 16.5. The number of amides is 1. The van der Waals surface area contributed by atoms with Crippen LogP contribution < -0.4 is 10.6 Å². The molecule has 1 atom stereocenters. The lowest BCUT2D eigenvalue weighted by Crippen LogP contribution is -2.44. The highest BCUT2D eigenvalue weighted by molar-refractivity contribution is 5.84. The second-order valence-electron chi connectivity index (χ2n) is 7.57. The number of hydrogen-bond acceptors (Lipinski definition) is 3. The van der Waals surface area contributed by atoms with E-state index < -0.39 is 0 Å². The Hall–Kier alpha value is -2.08. The Kier molecular flexibility index (Phi) is 9.11. The number of carbonyl (C=O) groups excluding carboxylic acids is 1. The standard InChI is InChI=1S/C21H34N4O2/c1-17(15-27-16-18-9-5-4-6-10-18)13-22-21(23-14-20(26)25(2)3)24-19-11-7-8-12-19/h4-6,9-10,17,19H,7-8,11-16H2,1-3H3,(H2,22,23,24). The summed E-state index contributed by atoms with van der Waals surface area (Å²) in [7, 11) is 3.50. The molecule has 0 spiro atoms. The first-order chi connectivity index (χ1) is 13.0. The van der Waals surface area contributed by atoms with E-state index >= 15 is 0 Å². The van der Waals surface area contributed by atoms with Crippen molar-refractivity contribution in [3.05, 3.63) is 35.9 Å². The van der Waals surface area contributed by atoms with E-state index in [0.717, 1.165) is 25.3 Å². The summed E-state index contributed by atoms with van der Waals surface area (Å²) < 4.78 is 5.82. The van der Waals surface area contributed by atoms with Gasteiger partial charge in [0.25, 0.3) is 0 Å². The van der Waals surface area contributed by atoms with Gasteiger partial charge in [0, 0.05) is 26.7 Å². The molecule has 2 rings (SSSR count). The predicted molar refractivity (Wildman–Crippen MR) is 110 cm³/mol. The van der Waals surface area contributed by atoms with E-state index in [2.05, 4.69) is 34.7 Å². The van der Waals surface area contributed by atoms with Gasteiger partial charge in [-0.1, -0.05) is 50.1 Å². The van der Waals surface area contributed by atoms with Crippen molar-refractivity contribution in [3.8, 4) is 0 Å². The average Bonchev–Trinajstić information content (AvgIpc) is 3.17. The van der Waals surface area contributed by atoms with Gasteiger partial charge in [0.05, 0.1) is 13.2 Å². The summed E-state index contributed by atoms with van der Waals surface area (Å²) in [4.78, 5) is 17.9. The van der Waals surface area contributed by atoms with Crippen molar-refractivity contribution in [1.82, 2.24) is 15.5 Å². The normalized spacial score (nSPS) is 16.2. The fraction of sp³-hybridized carbons (Fsp3) is 0.619. The van der Waals surface area contributed by atoms with Crippen molar-refractivity contribution in [3.63, 3.8) is 0 Å². The average molecular weight is 375 g/mol. The molecule has 0 heterocycles. The molecule has 6 heteroatoms. The van der Waals surface area contributed by atoms with Gasteiger partial charge in [-0.2, -0.15) is 0 Å². The van der Waals surface area contributed by atoms with Crippen LogP contribution in [0.2, 0.25) is 0 Å². The molecule has 0 radical (unpaired) electrons. The maximum absolute atomic E-state index is 11.8. The van der Waals surface area contributed by atoms with E-state index in [1.54, 1.807) is 19.0 Å². The lowest BCUT2D eigenvalue weighted by molar-refractivity contribution is -0.127. The maximum Gasteiger partial charge on any atom is 0.243 e. The van der Waals surface area contributed by atoms with Gasteiger partial charge in [-0.3, -0.25) is 4.79 Å². The molecule has 1 aliphatic carbocycles. The summed E-state index contributed by atoms with van der Waals surface area (Å²) in [6.45, 7) is 4.37. The molecule has 0 aromatic heterocycles. The highest BCUT2D eigenvalue weighted by Crippen LogP contribution is 2.17. The number of ether oxygens (including phenoxy) is 1. The van der Waals surface area contributed by atoms with Crippen molar-refractivity contribution >= 4 is 11.9 Å². The van der Waals surface area contributed by atoms with Crippen LogP contribution in [-0.2, 0) is 16.1 Å². The van der Waals surface area contributed by atoms with Crippen LogP contribution in [-0.4, -0.2) is 56.6 Å². The van der Waals surface area contributed by atoms with Crippen molar-refractivity contribution < 1.29 is 9.53 Å². The SMILES string of the molecule is CC(CNC(=NCC(=O)N(C)C)NC1CCCC1)COCc1ccccc1. The monoisotopic (exact) mass is 374 g/mol. The fourth-order valence-corrected chi connectivity index (χ4v) is 2.99. The summed E-state index contributed by atoms with van der Waals surface area (Å²) in [5, 5.41) is 6.85. The largest absolute Gasteiger partial charge is 0.376 e. The molecule has 1 aliphatic rings. The highest BCUT2D eigenvalue weighted by Gasteiger charge is 2.17. The predicted octanol–water partition coefficient (Wildman–Crippen LogP) is 2.41. The minimum atomic E-state index is 0.00163. The quantitative estimate of drug-likeness (QED) is 0.515. The van der Waals surface area contributed by atoms with Gasteiger partial charge in [-0.25, -0.2) is 4.99 Å². The minimum absolute atomic E-state index is 0.00163. The van der Waals surface area contributed by atoms with Gasteiger partial charge in [-0.15, -0.1) is 0 Å². The summed E-state index contributed by atoms with van der Waals surface area (Å²) in [6, 6.07) is 10.7. The molecular formula is C21H34N4O2. The molecular weight excluding hydrogens is 340 g/mol.